The molecule has 0 saturated carbocycles. The number of thiazole rings is 1. The fourth-order valence-corrected chi connectivity index (χ4v) is 3.90. The number of benzene rings is 2. The maximum Gasteiger partial charge on any atom is 0.302 e. The van der Waals surface area contributed by atoms with Crippen molar-refractivity contribution in [2.75, 3.05) is 5.32 Å². The third-order valence-corrected chi connectivity index (χ3v) is 5.04. The van der Waals surface area contributed by atoms with E-state index in [1.807, 2.05) is 6.07 Å². The van der Waals surface area contributed by atoms with Crippen LogP contribution in [0, 0.1) is 13.8 Å². The number of fused-ring (bicyclic) bond motifs is 2. The molecule has 1 N–H and O–H groups in total. The first-order valence-corrected chi connectivity index (χ1v) is 8.86. The molecule has 2 aromatic carbocycles. The number of nitrogens with one attached hydrogen (secondary N) is 1. The van der Waals surface area contributed by atoms with Gasteiger partial charge in [-0.05, 0) is 54.7 Å². The van der Waals surface area contributed by atoms with Crippen molar-refractivity contribution in [3.8, 4) is 0 Å². The third kappa shape index (κ3) is 2.65. The predicted molar refractivity (Wildman–Crippen MR) is 100 cm³/mol. The number of anilines is 2. The highest BCUT2D eigenvalue weighted by Crippen LogP contribution is 2.32. The Labute approximate surface area is 144 Å². The standard InChI is InChI=1S/C19H19N3OS/c1-10(2)13-5-6-15-14(9-13)20-18(23-15)22-19-21-17-12(4)7-11(3)8-16(17)24-19/h5-10H,1-4H3,(H,20,21,22). The van der Waals surface area contributed by atoms with Gasteiger partial charge in [0.15, 0.2) is 10.7 Å². The van der Waals surface area contributed by atoms with Gasteiger partial charge in [-0.1, -0.05) is 37.3 Å². The van der Waals surface area contributed by atoms with Gasteiger partial charge in [-0.2, -0.15) is 4.98 Å². The number of oxazole rings is 1. The highest BCUT2D eigenvalue weighted by atomic mass is 32.1. The maximum atomic E-state index is 5.80. The Bertz CT molecular complexity index is 1050. The summed E-state index contributed by atoms with van der Waals surface area (Å²) >= 11 is 1.62. The molecule has 0 aliphatic carbocycles. The van der Waals surface area contributed by atoms with E-state index in [1.54, 1.807) is 11.3 Å². The van der Waals surface area contributed by atoms with Crippen molar-refractivity contribution in [2.45, 2.75) is 33.6 Å². The summed E-state index contributed by atoms with van der Waals surface area (Å²) in [6, 6.07) is 10.9. The van der Waals surface area contributed by atoms with Crippen LogP contribution in [0.25, 0.3) is 21.3 Å². The van der Waals surface area contributed by atoms with Crippen LogP contribution in [0.4, 0.5) is 11.1 Å². The molecule has 0 fully saturated rings. The summed E-state index contributed by atoms with van der Waals surface area (Å²) in [5, 5.41) is 4.01. The van der Waals surface area contributed by atoms with Crippen LogP contribution in [-0.2, 0) is 0 Å². The van der Waals surface area contributed by atoms with Crippen LogP contribution in [0.2, 0.25) is 0 Å². The van der Waals surface area contributed by atoms with Crippen molar-refractivity contribution < 1.29 is 4.42 Å². The number of rotatable bonds is 3. The fourth-order valence-electron chi connectivity index (χ4n) is 2.87. The minimum atomic E-state index is 0.470. The predicted octanol–water partition coefficient (Wildman–Crippen LogP) is 5.92. The lowest BCUT2D eigenvalue weighted by atomic mass is 10.0. The largest absolute Gasteiger partial charge is 0.423 e. The van der Waals surface area contributed by atoms with Crippen molar-refractivity contribution >= 4 is 43.8 Å². The van der Waals surface area contributed by atoms with E-state index in [0.717, 1.165) is 21.7 Å². The van der Waals surface area contributed by atoms with Gasteiger partial charge in [0.1, 0.15) is 5.52 Å². The Hall–Kier alpha value is -2.40. The zero-order chi connectivity index (χ0) is 16.8. The van der Waals surface area contributed by atoms with Crippen molar-refractivity contribution in [2.24, 2.45) is 0 Å². The topological polar surface area (TPSA) is 51.0 Å². The second kappa shape index (κ2) is 5.60. The van der Waals surface area contributed by atoms with Gasteiger partial charge in [-0.25, -0.2) is 4.98 Å². The molecule has 2 heterocycles. The first kappa shape index (κ1) is 15.1. The molecule has 0 unspecified atom stereocenters. The lowest BCUT2D eigenvalue weighted by Gasteiger charge is -2.02. The molecule has 4 rings (SSSR count). The van der Waals surface area contributed by atoms with Gasteiger partial charge < -0.3 is 4.42 Å². The Morgan fingerprint density at radius 2 is 1.92 bits per heavy atom. The number of hydrogen-bond acceptors (Lipinski definition) is 5. The van der Waals surface area contributed by atoms with Crippen molar-refractivity contribution in [1.29, 1.82) is 0 Å². The van der Waals surface area contributed by atoms with Crippen molar-refractivity contribution in [1.82, 2.24) is 9.97 Å². The van der Waals surface area contributed by atoms with Crippen LogP contribution < -0.4 is 5.32 Å². The third-order valence-electron chi connectivity index (χ3n) is 4.12. The van der Waals surface area contributed by atoms with E-state index in [2.05, 4.69) is 67.2 Å². The van der Waals surface area contributed by atoms with Gasteiger partial charge in [0.25, 0.3) is 0 Å². The lowest BCUT2D eigenvalue weighted by molar-refractivity contribution is 0.623. The highest BCUT2D eigenvalue weighted by molar-refractivity contribution is 7.22. The first-order chi connectivity index (χ1) is 11.5. The van der Waals surface area contributed by atoms with E-state index in [1.165, 1.54) is 21.4 Å². The molecule has 4 aromatic rings. The van der Waals surface area contributed by atoms with Gasteiger partial charge in [0.2, 0.25) is 0 Å². The first-order valence-electron chi connectivity index (χ1n) is 8.05. The number of nitrogens with zero attached hydrogens (tertiary/aromatic N) is 2. The number of aryl methyl sites for hydroxylation is 2. The highest BCUT2D eigenvalue weighted by Gasteiger charge is 2.12. The number of hydrogen-bond donors (Lipinski definition) is 1. The van der Waals surface area contributed by atoms with Crippen LogP contribution in [0.5, 0.6) is 0 Å². The molecule has 122 valence electrons. The van der Waals surface area contributed by atoms with Crippen molar-refractivity contribution in [3.63, 3.8) is 0 Å². The summed E-state index contributed by atoms with van der Waals surface area (Å²) < 4.78 is 6.98. The van der Waals surface area contributed by atoms with Crippen LogP contribution in [0.15, 0.2) is 34.7 Å². The van der Waals surface area contributed by atoms with E-state index < -0.39 is 0 Å². The van der Waals surface area contributed by atoms with Crippen LogP contribution in [-0.4, -0.2) is 9.97 Å². The second-order valence-electron chi connectivity index (χ2n) is 6.47. The number of aromatic nitrogens is 2. The minimum Gasteiger partial charge on any atom is -0.423 e. The van der Waals surface area contributed by atoms with E-state index in [4.69, 9.17) is 4.42 Å². The molecular formula is C19H19N3OS. The molecule has 0 bridgehead atoms. The molecule has 0 aliphatic rings. The van der Waals surface area contributed by atoms with Crippen LogP contribution >= 0.6 is 11.3 Å². The molecule has 5 heteroatoms. The maximum absolute atomic E-state index is 5.80. The van der Waals surface area contributed by atoms with Crippen LogP contribution in [0.3, 0.4) is 0 Å². The van der Waals surface area contributed by atoms with E-state index in [0.29, 0.717) is 11.9 Å². The molecule has 4 nitrogen and oxygen atoms in total. The average Bonchev–Trinajstić information content (AvgIpc) is 3.09. The molecule has 0 aliphatic heterocycles. The smallest absolute Gasteiger partial charge is 0.302 e. The molecule has 0 amide bonds. The minimum absolute atomic E-state index is 0.470. The quantitative estimate of drug-likeness (QED) is 0.504. The average molecular weight is 337 g/mol. The molecule has 2 aromatic heterocycles. The Balaban J connectivity index is 1.70. The Kier molecular flexibility index (Phi) is 3.53. The normalized spacial score (nSPS) is 11.7. The molecule has 24 heavy (non-hydrogen) atoms. The fraction of sp³-hybridized carbons (Fsp3) is 0.263. The summed E-state index contributed by atoms with van der Waals surface area (Å²) in [7, 11) is 0. The van der Waals surface area contributed by atoms with E-state index >= 15 is 0 Å². The second-order valence-corrected chi connectivity index (χ2v) is 7.50. The van der Waals surface area contributed by atoms with Gasteiger partial charge in [-0.3, -0.25) is 5.32 Å². The zero-order valence-electron chi connectivity index (χ0n) is 14.2. The summed E-state index contributed by atoms with van der Waals surface area (Å²) in [6.45, 7) is 8.54. The SMILES string of the molecule is Cc1cc(C)c2nc(Nc3nc4cc(C(C)C)ccc4o3)sc2c1. The lowest BCUT2D eigenvalue weighted by Crippen LogP contribution is -1.89. The van der Waals surface area contributed by atoms with Gasteiger partial charge in [0.05, 0.1) is 10.2 Å². The van der Waals surface area contributed by atoms with Crippen molar-refractivity contribution in [3.05, 3.63) is 47.0 Å². The van der Waals surface area contributed by atoms with E-state index in [-0.39, 0.29) is 0 Å². The Morgan fingerprint density at radius 1 is 1.08 bits per heavy atom. The zero-order valence-corrected chi connectivity index (χ0v) is 15.0. The van der Waals surface area contributed by atoms with E-state index in [9.17, 15) is 0 Å². The summed E-state index contributed by atoms with van der Waals surface area (Å²) in [6.07, 6.45) is 0. The van der Waals surface area contributed by atoms with Crippen LogP contribution in [0.1, 0.15) is 36.5 Å². The van der Waals surface area contributed by atoms with Gasteiger partial charge in [0, 0.05) is 0 Å². The Morgan fingerprint density at radius 3 is 2.71 bits per heavy atom. The van der Waals surface area contributed by atoms with Gasteiger partial charge in [-0.15, -0.1) is 0 Å². The summed E-state index contributed by atoms with van der Waals surface area (Å²) in [5.74, 6) is 0.470. The summed E-state index contributed by atoms with van der Waals surface area (Å²) in [5.41, 5.74) is 6.39. The monoisotopic (exact) mass is 337 g/mol. The molecule has 0 atom stereocenters. The molecule has 0 spiro atoms. The molecular weight excluding hydrogens is 318 g/mol. The van der Waals surface area contributed by atoms with Gasteiger partial charge >= 0.3 is 6.01 Å². The summed E-state index contributed by atoms with van der Waals surface area (Å²) in [4.78, 5) is 9.22. The molecule has 0 saturated heterocycles. The molecule has 0 radical (unpaired) electrons.